The number of nitrogens with zero attached hydrogens (tertiary/aromatic N) is 1. The second-order valence-electron chi connectivity index (χ2n) is 7.56. The Morgan fingerprint density at radius 2 is 1.77 bits per heavy atom. The minimum absolute atomic E-state index is 0.149. The molecule has 0 saturated carbocycles. The minimum atomic E-state index is -3.56. The Bertz CT molecular complexity index is 1170. The molecular weight excluding hydrogens is 420 g/mol. The molecule has 5 nitrogen and oxygen atoms in total. The molecule has 30 heavy (non-hydrogen) atoms. The van der Waals surface area contributed by atoms with E-state index < -0.39 is 15.9 Å². The van der Waals surface area contributed by atoms with Gasteiger partial charge in [-0.1, -0.05) is 66.2 Å². The number of nitrogens with one attached hydrogen (secondary N) is 1. The molecule has 3 aromatic carbocycles. The van der Waals surface area contributed by atoms with Crippen LogP contribution >= 0.6 is 11.6 Å². The smallest absolute Gasteiger partial charge is 0.228 e. The van der Waals surface area contributed by atoms with Gasteiger partial charge in [0.15, 0.2) is 0 Å². The van der Waals surface area contributed by atoms with Gasteiger partial charge in [0.05, 0.1) is 11.7 Å². The molecule has 3 aromatic rings. The molecule has 1 aliphatic heterocycles. The lowest BCUT2D eigenvalue weighted by Gasteiger charge is -2.31. The average molecular weight is 443 g/mol. The van der Waals surface area contributed by atoms with Crippen LogP contribution in [0.3, 0.4) is 0 Å². The molecule has 1 atom stereocenters. The Morgan fingerprint density at radius 1 is 1.03 bits per heavy atom. The van der Waals surface area contributed by atoms with Gasteiger partial charge in [0, 0.05) is 29.2 Å². The number of anilines is 1. The molecule has 1 N–H and O–H groups in total. The highest BCUT2D eigenvalue weighted by Gasteiger charge is 2.32. The monoisotopic (exact) mass is 442 g/mol. The fraction of sp³-hybridized carbons (Fsp3) is 0.261. The van der Waals surface area contributed by atoms with Gasteiger partial charge >= 0.3 is 0 Å². The summed E-state index contributed by atoms with van der Waals surface area (Å²) < 4.78 is 27.3. The standard InChI is InChI=1S/C23H23ClN2O3S/c24-21-12-4-2-8-19(21)16-30(28,29)26-14-6-10-18(15-26)23(27)25-22-13-5-9-17-7-1-3-11-20(17)22/h1-5,7-9,11-13,18H,6,10,14-16H2,(H,25,27). The predicted octanol–water partition coefficient (Wildman–Crippen LogP) is 4.67. The van der Waals surface area contributed by atoms with E-state index in [1.807, 2.05) is 42.5 Å². The van der Waals surface area contributed by atoms with Crippen LogP contribution in [0.4, 0.5) is 5.69 Å². The molecule has 0 bridgehead atoms. The summed E-state index contributed by atoms with van der Waals surface area (Å²) in [5.74, 6) is -0.701. The summed E-state index contributed by atoms with van der Waals surface area (Å²) in [6.07, 6.45) is 1.31. The van der Waals surface area contributed by atoms with Crippen molar-refractivity contribution in [3.8, 4) is 0 Å². The molecule has 7 heteroatoms. The van der Waals surface area contributed by atoms with Crippen LogP contribution in [0.2, 0.25) is 5.02 Å². The summed E-state index contributed by atoms with van der Waals surface area (Å²) in [5, 5.41) is 5.45. The van der Waals surface area contributed by atoms with E-state index in [1.165, 1.54) is 4.31 Å². The lowest BCUT2D eigenvalue weighted by molar-refractivity contribution is -0.120. The van der Waals surface area contributed by atoms with Crippen LogP contribution < -0.4 is 5.32 Å². The second-order valence-corrected chi connectivity index (χ2v) is 9.94. The van der Waals surface area contributed by atoms with Gasteiger partial charge in [0.2, 0.25) is 15.9 Å². The average Bonchev–Trinajstić information content (AvgIpc) is 2.75. The number of benzene rings is 3. The van der Waals surface area contributed by atoms with Crippen molar-refractivity contribution >= 4 is 44.0 Å². The number of fused-ring (bicyclic) bond motifs is 1. The van der Waals surface area contributed by atoms with Crippen molar-refractivity contribution in [1.29, 1.82) is 0 Å². The lowest BCUT2D eigenvalue weighted by atomic mass is 9.98. The third-order valence-corrected chi connectivity index (χ3v) is 7.65. The first-order valence-electron chi connectivity index (χ1n) is 9.94. The molecule has 1 heterocycles. The molecule has 0 aliphatic carbocycles. The summed E-state index contributed by atoms with van der Waals surface area (Å²) in [5.41, 5.74) is 1.32. The Hall–Kier alpha value is -2.41. The highest BCUT2D eigenvalue weighted by atomic mass is 35.5. The highest BCUT2D eigenvalue weighted by Crippen LogP contribution is 2.27. The molecule has 1 unspecified atom stereocenters. The molecule has 1 fully saturated rings. The van der Waals surface area contributed by atoms with Gasteiger partial charge in [-0.25, -0.2) is 12.7 Å². The van der Waals surface area contributed by atoms with Gasteiger partial charge in [0.1, 0.15) is 0 Å². The van der Waals surface area contributed by atoms with Gasteiger partial charge in [-0.3, -0.25) is 4.79 Å². The first-order chi connectivity index (χ1) is 14.4. The van der Waals surface area contributed by atoms with Gasteiger partial charge in [-0.05, 0) is 35.9 Å². The number of hydrogen-bond acceptors (Lipinski definition) is 3. The number of piperidine rings is 1. The quantitative estimate of drug-likeness (QED) is 0.624. The number of sulfonamides is 1. The van der Waals surface area contributed by atoms with Crippen LogP contribution in [0.5, 0.6) is 0 Å². The van der Waals surface area contributed by atoms with Crippen molar-refractivity contribution in [3.63, 3.8) is 0 Å². The molecule has 0 radical (unpaired) electrons. The summed E-state index contributed by atoms with van der Waals surface area (Å²) in [4.78, 5) is 12.9. The number of carbonyl (C=O) groups is 1. The molecule has 1 aliphatic rings. The van der Waals surface area contributed by atoms with Crippen LogP contribution in [-0.2, 0) is 20.6 Å². The Labute approximate surface area is 181 Å². The van der Waals surface area contributed by atoms with Crippen molar-refractivity contribution in [2.24, 2.45) is 5.92 Å². The van der Waals surface area contributed by atoms with Gasteiger partial charge in [-0.2, -0.15) is 0 Å². The fourth-order valence-electron chi connectivity index (χ4n) is 3.88. The number of halogens is 1. The van der Waals surface area contributed by atoms with E-state index in [0.717, 1.165) is 16.5 Å². The number of hydrogen-bond donors (Lipinski definition) is 1. The molecule has 4 rings (SSSR count). The van der Waals surface area contributed by atoms with Crippen LogP contribution in [0.15, 0.2) is 66.7 Å². The van der Waals surface area contributed by atoms with Crippen LogP contribution in [-0.4, -0.2) is 31.7 Å². The first-order valence-corrected chi connectivity index (χ1v) is 11.9. The van der Waals surface area contributed by atoms with Crippen LogP contribution in [0, 0.1) is 5.92 Å². The largest absolute Gasteiger partial charge is 0.325 e. The summed E-state index contributed by atoms with van der Waals surface area (Å²) in [6.45, 7) is 0.605. The first kappa shape index (κ1) is 20.8. The van der Waals surface area contributed by atoms with Gasteiger partial charge < -0.3 is 5.32 Å². The zero-order valence-corrected chi connectivity index (χ0v) is 18.0. The van der Waals surface area contributed by atoms with E-state index in [-0.39, 0.29) is 18.2 Å². The van der Waals surface area contributed by atoms with Crippen LogP contribution in [0.1, 0.15) is 18.4 Å². The maximum Gasteiger partial charge on any atom is 0.228 e. The Balaban J connectivity index is 1.48. The van der Waals surface area contributed by atoms with Gasteiger partial charge in [-0.15, -0.1) is 0 Å². The summed E-state index contributed by atoms with van der Waals surface area (Å²) >= 11 is 6.14. The maximum atomic E-state index is 12.9. The predicted molar refractivity (Wildman–Crippen MR) is 121 cm³/mol. The van der Waals surface area contributed by atoms with Crippen molar-refractivity contribution in [2.45, 2.75) is 18.6 Å². The molecule has 1 amide bonds. The van der Waals surface area contributed by atoms with Crippen LogP contribution in [0.25, 0.3) is 10.8 Å². The lowest BCUT2D eigenvalue weighted by Crippen LogP contribution is -2.44. The van der Waals surface area contributed by atoms with E-state index >= 15 is 0 Å². The van der Waals surface area contributed by atoms with Gasteiger partial charge in [0.25, 0.3) is 0 Å². The van der Waals surface area contributed by atoms with E-state index in [1.54, 1.807) is 24.3 Å². The molecular formula is C23H23ClN2O3S. The minimum Gasteiger partial charge on any atom is -0.325 e. The van der Waals surface area contributed by atoms with E-state index in [4.69, 9.17) is 11.6 Å². The van der Waals surface area contributed by atoms with Crippen molar-refractivity contribution in [2.75, 3.05) is 18.4 Å². The molecule has 1 saturated heterocycles. The topological polar surface area (TPSA) is 66.5 Å². The molecule has 0 aromatic heterocycles. The Morgan fingerprint density at radius 3 is 2.60 bits per heavy atom. The van der Waals surface area contributed by atoms with Crippen molar-refractivity contribution in [3.05, 3.63) is 77.3 Å². The summed E-state index contributed by atoms with van der Waals surface area (Å²) in [7, 11) is -3.56. The third-order valence-electron chi connectivity index (χ3n) is 5.49. The Kier molecular flexibility index (Phi) is 6.09. The second kappa shape index (κ2) is 8.76. The zero-order valence-electron chi connectivity index (χ0n) is 16.4. The van der Waals surface area contributed by atoms with E-state index in [0.29, 0.717) is 30.0 Å². The maximum absolute atomic E-state index is 12.9. The molecule has 156 valence electrons. The van der Waals surface area contributed by atoms with E-state index in [2.05, 4.69) is 5.32 Å². The number of carbonyl (C=O) groups excluding carboxylic acids is 1. The fourth-order valence-corrected chi connectivity index (χ4v) is 5.80. The van der Waals surface area contributed by atoms with Crippen molar-refractivity contribution in [1.82, 2.24) is 4.31 Å². The number of amides is 1. The van der Waals surface area contributed by atoms with E-state index in [9.17, 15) is 13.2 Å². The molecule has 0 spiro atoms. The van der Waals surface area contributed by atoms with Crippen molar-refractivity contribution < 1.29 is 13.2 Å². The third kappa shape index (κ3) is 4.51. The summed E-state index contributed by atoms with van der Waals surface area (Å²) in [6, 6.07) is 20.6. The zero-order chi connectivity index (χ0) is 21.1. The number of rotatable bonds is 5. The highest BCUT2D eigenvalue weighted by molar-refractivity contribution is 7.88. The SMILES string of the molecule is O=C(Nc1cccc2ccccc12)C1CCCN(S(=O)(=O)Cc2ccccc2Cl)C1. The normalized spacial score (nSPS) is 17.7.